The largest absolute Gasteiger partial charge is 0.457 e. The maximum absolute atomic E-state index is 14.3. The first-order valence-corrected chi connectivity index (χ1v) is 17.2. The van der Waals surface area contributed by atoms with Gasteiger partial charge in [-0.25, -0.2) is 8.42 Å². The molecule has 4 aromatic carbocycles. The Balaban J connectivity index is 1.73. The van der Waals surface area contributed by atoms with E-state index in [9.17, 15) is 18.0 Å². The molecule has 46 heavy (non-hydrogen) atoms. The van der Waals surface area contributed by atoms with Crippen LogP contribution in [-0.4, -0.2) is 44.3 Å². The van der Waals surface area contributed by atoms with Gasteiger partial charge in [0.25, 0.3) is 10.0 Å². The monoisotopic (exact) mass is 681 g/mol. The van der Waals surface area contributed by atoms with E-state index in [0.29, 0.717) is 40.1 Å². The second-order valence-electron chi connectivity index (χ2n) is 10.7. The van der Waals surface area contributed by atoms with Crippen molar-refractivity contribution in [2.24, 2.45) is 0 Å². The van der Waals surface area contributed by atoms with Crippen LogP contribution in [0.15, 0.2) is 102 Å². The molecule has 0 unspecified atom stereocenters. The molecule has 0 aromatic heterocycles. The van der Waals surface area contributed by atoms with Crippen molar-refractivity contribution < 1.29 is 22.7 Å². The Bertz CT molecular complexity index is 1730. The lowest BCUT2D eigenvalue weighted by molar-refractivity contribution is -0.140. The summed E-state index contributed by atoms with van der Waals surface area (Å²) in [4.78, 5) is 29.0. The number of para-hydroxylation sites is 1. The number of sulfonamides is 1. The molecule has 4 rings (SSSR count). The summed E-state index contributed by atoms with van der Waals surface area (Å²) in [5, 5.41) is 3.53. The zero-order valence-electron chi connectivity index (χ0n) is 26.0. The zero-order valence-corrected chi connectivity index (χ0v) is 28.3. The van der Waals surface area contributed by atoms with Crippen LogP contribution in [-0.2, 0) is 26.2 Å². The standard InChI is InChI=1S/C35H37Cl2N3O5S/c1-4-21-38-35(42)33(5-2)39(23-26-13-20-31(36)32(37)22-26)34(41)24-40(46(43,44)30-18-11-25(3)12-19-30)27-14-16-29(17-15-27)45-28-9-7-6-8-10-28/h6-20,22,33H,4-5,21,23-24H2,1-3H3,(H,38,42)/t33-/m1/s1. The quantitative estimate of drug-likeness (QED) is 0.148. The minimum absolute atomic E-state index is 0.00997. The Morgan fingerprint density at radius 2 is 1.50 bits per heavy atom. The van der Waals surface area contributed by atoms with Crippen LogP contribution in [0.1, 0.15) is 37.8 Å². The molecule has 0 aliphatic carbocycles. The molecule has 242 valence electrons. The number of benzene rings is 4. The second-order valence-corrected chi connectivity index (χ2v) is 13.4. The Labute approximate surface area is 280 Å². The van der Waals surface area contributed by atoms with Gasteiger partial charge in [-0.1, -0.05) is 79.0 Å². The lowest BCUT2D eigenvalue weighted by atomic mass is 10.1. The fourth-order valence-corrected chi connectivity index (χ4v) is 6.53. The summed E-state index contributed by atoms with van der Waals surface area (Å²) in [6, 6.07) is 26.2. The first kappa shape index (κ1) is 34.8. The third kappa shape index (κ3) is 8.81. The number of anilines is 1. The van der Waals surface area contributed by atoms with Crippen LogP contribution in [0, 0.1) is 6.92 Å². The van der Waals surface area contributed by atoms with Crippen molar-refractivity contribution in [1.29, 1.82) is 0 Å². The number of hydrogen-bond acceptors (Lipinski definition) is 5. The summed E-state index contributed by atoms with van der Waals surface area (Å²) in [6.07, 6.45) is 1.02. The smallest absolute Gasteiger partial charge is 0.264 e. The third-order valence-corrected chi connectivity index (χ3v) is 9.79. The number of ether oxygens (including phenoxy) is 1. The minimum atomic E-state index is -4.22. The van der Waals surface area contributed by atoms with Crippen LogP contribution >= 0.6 is 23.2 Å². The van der Waals surface area contributed by atoms with Crippen molar-refractivity contribution >= 4 is 50.7 Å². The van der Waals surface area contributed by atoms with Crippen molar-refractivity contribution in [3.63, 3.8) is 0 Å². The van der Waals surface area contributed by atoms with Gasteiger partial charge in [-0.05, 0) is 86.0 Å². The van der Waals surface area contributed by atoms with Crippen LogP contribution in [0.4, 0.5) is 5.69 Å². The molecule has 0 spiro atoms. The SMILES string of the molecule is CCCNC(=O)[C@@H](CC)N(Cc1ccc(Cl)c(Cl)c1)C(=O)CN(c1ccc(Oc2ccccc2)cc1)S(=O)(=O)c1ccc(C)cc1. The maximum Gasteiger partial charge on any atom is 0.264 e. The summed E-state index contributed by atoms with van der Waals surface area (Å²) in [5.41, 5.74) is 1.79. The van der Waals surface area contributed by atoms with E-state index in [1.165, 1.54) is 17.0 Å². The van der Waals surface area contributed by atoms with Crippen LogP contribution < -0.4 is 14.4 Å². The zero-order chi connectivity index (χ0) is 33.3. The summed E-state index contributed by atoms with van der Waals surface area (Å²) in [7, 11) is -4.22. The number of aryl methyl sites for hydroxylation is 1. The highest BCUT2D eigenvalue weighted by Gasteiger charge is 2.33. The fraction of sp³-hybridized carbons (Fsp3) is 0.257. The molecule has 0 fully saturated rings. The van der Waals surface area contributed by atoms with Gasteiger partial charge in [-0.15, -0.1) is 0 Å². The van der Waals surface area contributed by atoms with Gasteiger partial charge < -0.3 is 15.0 Å². The molecule has 0 heterocycles. The normalized spacial score (nSPS) is 11.8. The van der Waals surface area contributed by atoms with Crippen LogP contribution in [0.25, 0.3) is 0 Å². The number of carbonyl (C=O) groups excluding carboxylic acids is 2. The van der Waals surface area contributed by atoms with Gasteiger partial charge in [-0.2, -0.15) is 0 Å². The van der Waals surface area contributed by atoms with E-state index in [2.05, 4.69) is 5.32 Å². The third-order valence-electron chi connectivity index (χ3n) is 7.26. The number of amides is 2. The topological polar surface area (TPSA) is 96.0 Å². The van der Waals surface area contributed by atoms with E-state index < -0.39 is 28.5 Å². The molecular formula is C35H37Cl2N3O5S. The molecule has 1 N–H and O–H groups in total. The van der Waals surface area contributed by atoms with E-state index in [-0.39, 0.29) is 23.0 Å². The first-order chi connectivity index (χ1) is 22.0. The molecule has 0 aliphatic rings. The van der Waals surface area contributed by atoms with Crippen LogP contribution in [0.3, 0.4) is 0 Å². The molecule has 0 bridgehead atoms. The van der Waals surface area contributed by atoms with Crippen molar-refractivity contribution in [3.05, 3.63) is 118 Å². The second kappa shape index (κ2) is 16.0. The molecule has 0 aliphatic heterocycles. The van der Waals surface area contributed by atoms with Gasteiger partial charge >= 0.3 is 0 Å². The van der Waals surface area contributed by atoms with E-state index >= 15 is 0 Å². The maximum atomic E-state index is 14.3. The number of nitrogens with one attached hydrogen (secondary N) is 1. The summed E-state index contributed by atoms with van der Waals surface area (Å²) >= 11 is 12.4. The Kier molecular flexibility index (Phi) is 12.1. The Morgan fingerprint density at radius 3 is 2.11 bits per heavy atom. The fourth-order valence-electron chi connectivity index (χ4n) is 4.79. The molecular weight excluding hydrogens is 645 g/mol. The van der Waals surface area contributed by atoms with Gasteiger partial charge in [0.15, 0.2) is 0 Å². The van der Waals surface area contributed by atoms with Gasteiger partial charge in [-0.3, -0.25) is 13.9 Å². The molecule has 8 nitrogen and oxygen atoms in total. The Morgan fingerprint density at radius 1 is 0.848 bits per heavy atom. The van der Waals surface area contributed by atoms with E-state index in [0.717, 1.165) is 16.3 Å². The molecule has 0 saturated heterocycles. The average Bonchev–Trinajstić information content (AvgIpc) is 3.05. The van der Waals surface area contributed by atoms with E-state index in [4.69, 9.17) is 27.9 Å². The number of rotatable bonds is 14. The Hall–Kier alpha value is -4.05. The number of nitrogens with zero attached hydrogens (tertiary/aromatic N) is 2. The van der Waals surface area contributed by atoms with Crippen LogP contribution in [0.2, 0.25) is 10.0 Å². The highest BCUT2D eigenvalue weighted by Crippen LogP contribution is 2.29. The lowest BCUT2D eigenvalue weighted by Gasteiger charge is -2.33. The number of hydrogen-bond donors (Lipinski definition) is 1. The van der Waals surface area contributed by atoms with E-state index in [1.807, 2.05) is 44.2 Å². The molecule has 1 atom stereocenters. The highest BCUT2D eigenvalue weighted by molar-refractivity contribution is 7.92. The van der Waals surface area contributed by atoms with Crippen molar-refractivity contribution in [2.45, 2.75) is 51.1 Å². The number of carbonyl (C=O) groups is 2. The first-order valence-electron chi connectivity index (χ1n) is 15.0. The predicted octanol–water partition coefficient (Wildman–Crippen LogP) is 7.62. The molecule has 4 aromatic rings. The summed E-state index contributed by atoms with van der Waals surface area (Å²) < 4.78 is 35.2. The van der Waals surface area contributed by atoms with Gasteiger partial charge in [0.05, 0.1) is 20.6 Å². The highest BCUT2D eigenvalue weighted by atomic mass is 35.5. The average molecular weight is 683 g/mol. The summed E-state index contributed by atoms with van der Waals surface area (Å²) in [5.74, 6) is 0.228. The van der Waals surface area contributed by atoms with Crippen molar-refractivity contribution in [2.75, 3.05) is 17.4 Å². The molecule has 0 radical (unpaired) electrons. The van der Waals surface area contributed by atoms with Gasteiger partial charge in [0, 0.05) is 13.1 Å². The van der Waals surface area contributed by atoms with Crippen molar-refractivity contribution in [3.8, 4) is 11.5 Å². The van der Waals surface area contributed by atoms with Crippen molar-refractivity contribution in [1.82, 2.24) is 10.2 Å². The van der Waals surface area contributed by atoms with Gasteiger partial charge in [0.2, 0.25) is 11.8 Å². The van der Waals surface area contributed by atoms with Crippen LogP contribution in [0.5, 0.6) is 11.5 Å². The molecule has 2 amide bonds. The molecule has 0 saturated carbocycles. The predicted molar refractivity (Wildman–Crippen MR) is 183 cm³/mol. The summed E-state index contributed by atoms with van der Waals surface area (Å²) in [6.45, 7) is 5.49. The lowest BCUT2D eigenvalue weighted by Crippen LogP contribution is -2.52. The minimum Gasteiger partial charge on any atom is -0.457 e. The number of halogens is 2. The van der Waals surface area contributed by atoms with E-state index in [1.54, 1.807) is 61.5 Å². The van der Waals surface area contributed by atoms with Gasteiger partial charge in [0.1, 0.15) is 24.1 Å². The molecule has 11 heteroatoms.